The van der Waals surface area contributed by atoms with E-state index in [0.29, 0.717) is 40.7 Å². The summed E-state index contributed by atoms with van der Waals surface area (Å²) in [4.78, 5) is 18.3. The first-order chi connectivity index (χ1) is 17.5. The molecule has 5 aromatic rings. The van der Waals surface area contributed by atoms with Crippen molar-refractivity contribution in [3.05, 3.63) is 100 Å². The van der Waals surface area contributed by atoms with E-state index >= 15 is 0 Å². The van der Waals surface area contributed by atoms with Gasteiger partial charge < -0.3 is 14.2 Å². The zero-order chi connectivity index (χ0) is 25.2. The minimum Gasteiger partial charge on any atom is -0.497 e. The molecule has 36 heavy (non-hydrogen) atoms. The molecule has 0 aliphatic rings. The van der Waals surface area contributed by atoms with Crippen molar-refractivity contribution in [1.82, 2.24) is 19.2 Å². The van der Waals surface area contributed by atoms with Gasteiger partial charge in [0.25, 0.3) is 5.56 Å². The molecule has 0 saturated carbocycles. The molecule has 0 spiro atoms. The third-order valence-electron chi connectivity index (χ3n) is 6.01. The molecular formula is C28H26N4O4. The summed E-state index contributed by atoms with van der Waals surface area (Å²) in [7, 11) is 3.25. The molecule has 0 saturated heterocycles. The zero-order valence-electron chi connectivity index (χ0n) is 20.6. The van der Waals surface area contributed by atoms with Crippen molar-refractivity contribution in [2.75, 3.05) is 14.2 Å². The Labute approximate surface area is 208 Å². The van der Waals surface area contributed by atoms with Crippen LogP contribution in [0.25, 0.3) is 22.6 Å². The number of pyridine rings is 1. The summed E-state index contributed by atoms with van der Waals surface area (Å²) < 4.78 is 20.0. The summed E-state index contributed by atoms with van der Waals surface area (Å²) in [5.74, 6) is 2.00. The summed E-state index contributed by atoms with van der Waals surface area (Å²) >= 11 is 0. The van der Waals surface area contributed by atoms with Crippen LogP contribution in [0.3, 0.4) is 0 Å². The van der Waals surface area contributed by atoms with Crippen LogP contribution in [0.2, 0.25) is 0 Å². The lowest BCUT2D eigenvalue weighted by Crippen LogP contribution is -2.19. The lowest BCUT2D eigenvalue weighted by Gasteiger charge is -2.12. The van der Waals surface area contributed by atoms with Crippen LogP contribution in [-0.4, -0.2) is 33.4 Å². The third kappa shape index (κ3) is 4.17. The molecule has 0 atom stereocenters. The minimum atomic E-state index is -0.211. The third-order valence-corrected chi connectivity index (χ3v) is 6.01. The van der Waals surface area contributed by atoms with Gasteiger partial charge in [-0.05, 0) is 61.9 Å². The highest BCUT2D eigenvalue weighted by atomic mass is 16.5. The quantitative estimate of drug-likeness (QED) is 0.333. The Hall–Kier alpha value is -4.59. The standard InChI is InChI=1S/C28H26N4O4/c1-18-16-22(30-32(18)23-8-5-6-9-24(23)35-4)26-19(2)29-27-25(10-7-15-31(27)28(26)33)36-17-20-11-13-21(34-3)14-12-20/h5-16H,17H2,1-4H3. The molecule has 3 aromatic heterocycles. The van der Waals surface area contributed by atoms with Gasteiger partial charge in [0.05, 0.1) is 25.5 Å². The van der Waals surface area contributed by atoms with Crippen molar-refractivity contribution < 1.29 is 14.2 Å². The molecular weight excluding hydrogens is 456 g/mol. The van der Waals surface area contributed by atoms with Crippen molar-refractivity contribution in [3.8, 4) is 34.2 Å². The number of benzene rings is 2. The fourth-order valence-electron chi connectivity index (χ4n) is 4.18. The van der Waals surface area contributed by atoms with Gasteiger partial charge in [-0.3, -0.25) is 9.20 Å². The maximum atomic E-state index is 13.6. The Bertz CT molecular complexity index is 1600. The number of ether oxygens (including phenoxy) is 3. The molecule has 8 heteroatoms. The number of hydrogen-bond donors (Lipinski definition) is 0. The van der Waals surface area contributed by atoms with Crippen molar-refractivity contribution in [2.45, 2.75) is 20.5 Å². The largest absolute Gasteiger partial charge is 0.497 e. The number of nitrogens with zero attached hydrogens (tertiary/aromatic N) is 4. The van der Waals surface area contributed by atoms with Gasteiger partial charge in [-0.15, -0.1) is 0 Å². The van der Waals surface area contributed by atoms with Crippen LogP contribution < -0.4 is 19.8 Å². The zero-order valence-corrected chi connectivity index (χ0v) is 20.6. The van der Waals surface area contributed by atoms with Gasteiger partial charge in [0.15, 0.2) is 11.4 Å². The number of hydrogen-bond acceptors (Lipinski definition) is 6. The van der Waals surface area contributed by atoms with E-state index in [9.17, 15) is 4.79 Å². The van der Waals surface area contributed by atoms with Gasteiger partial charge in [0.1, 0.15) is 29.5 Å². The first kappa shape index (κ1) is 23.2. The van der Waals surface area contributed by atoms with E-state index in [4.69, 9.17) is 24.3 Å². The SMILES string of the molecule is COc1ccc(COc2cccn3c(=O)c(-c4cc(C)n(-c5ccccc5OC)n4)c(C)nc23)cc1. The topological polar surface area (TPSA) is 79.9 Å². The molecule has 0 N–H and O–H groups in total. The van der Waals surface area contributed by atoms with Crippen molar-refractivity contribution in [3.63, 3.8) is 0 Å². The van der Waals surface area contributed by atoms with E-state index < -0.39 is 0 Å². The maximum absolute atomic E-state index is 13.6. The van der Waals surface area contributed by atoms with Crippen molar-refractivity contribution in [2.24, 2.45) is 0 Å². The molecule has 0 aliphatic carbocycles. The molecule has 2 aromatic carbocycles. The number of aryl methyl sites for hydroxylation is 2. The molecule has 0 amide bonds. The van der Waals surface area contributed by atoms with E-state index in [0.717, 1.165) is 22.7 Å². The van der Waals surface area contributed by atoms with E-state index in [1.54, 1.807) is 31.2 Å². The molecule has 0 unspecified atom stereocenters. The fraction of sp³-hybridized carbons (Fsp3) is 0.179. The van der Waals surface area contributed by atoms with Crippen LogP contribution in [0, 0.1) is 13.8 Å². The molecule has 0 fully saturated rings. The summed E-state index contributed by atoms with van der Waals surface area (Å²) in [5.41, 5.74) is 4.45. The van der Waals surface area contributed by atoms with Crippen LogP contribution in [0.15, 0.2) is 77.7 Å². The maximum Gasteiger partial charge on any atom is 0.267 e. The average molecular weight is 483 g/mol. The summed E-state index contributed by atoms with van der Waals surface area (Å²) in [6.45, 7) is 4.09. The number of aromatic nitrogens is 4. The van der Waals surface area contributed by atoms with Gasteiger partial charge in [0.2, 0.25) is 0 Å². The smallest absolute Gasteiger partial charge is 0.267 e. The Kier molecular flexibility index (Phi) is 6.16. The molecule has 0 radical (unpaired) electrons. The highest BCUT2D eigenvalue weighted by molar-refractivity contribution is 5.66. The average Bonchev–Trinajstić information content (AvgIpc) is 3.28. The second kappa shape index (κ2) is 9.58. The van der Waals surface area contributed by atoms with E-state index in [2.05, 4.69) is 0 Å². The predicted molar refractivity (Wildman–Crippen MR) is 137 cm³/mol. The monoisotopic (exact) mass is 482 g/mol. The van der Waals surface area contributed by atoms with E-state index in [1.165, 1.54) is 4.40 Å². The van der Waals surface area contributed by atoms with Crippen LogP contribution >= 0.6 is 0 Å². The summed E-state index contributed by atoms with van der Waals surface area (Å²) in [6.07, 6.45) is 1.69. The second-order valence-electron chi connectivity index (χ2n) is 8.33. The Balaban J connectivity index is 1.53. The van der Waals surface area contributed by atoms with Crippen LogP contribution in [-0.2, 0) is 6.61 Å². The first-order valence-electron chi connectivity index (χ1n) is 11.5. The Morgan fingerprint density at radius 2 is 1.64 bits per heavy atom. The lowest BCUT2D eigenvalue weighted by atomic mass is 10.1. The van der Waals surface area contributed by atoms with Crippen LogP contribution in [0.1, 0.15) is 17.0 Å². The lowest BCUT2D eigenvalue weighted by molar-refractivity contribution is 0.307. The number of para-hydroxylation sites is 2. The molecule has 5 rings (SSSR count). The van der Waals surface area contributed by atoms with Gasteiger partial charge in [-0.2, -0.15) is 5.10 Å². The highest BCUT2D eigenvalue weighted by Gasteiger charge is 2.19. The van der Waals surface area contributed by atoms with Gasteiger partial charge >= 0.3 is 0 Å². The van der Waals surface area contributed by atoms with Gasteiger partial charge in [-0.1, -0.05) is 24.3 Å². The van der Waals surface area contributed by atoms with Crippen molar-refractivity contribution >= 4 is 5.65 Å². The first-order valence-corrected chi connectivity index (χ1v) is 11.5. The van der Waals surface area contributed by atoms with Gasteiger partial charge in [0, 0.05) is 11.9 Å². The number of rotatable bonds is 7. The number of methoxy groups -OCH3 is 2. The van der Waals surface area contributed by atoms with E-state index in [1.807, 2.05) is 74.5 Å². The second-order valence-corrected chi connectivity index (χ2v) is 8.33. The summed E-state index contributed by atoms with van der Waals surface area (Å²) in [5, 5.41) is 4.74. The van der Waals surface area contributed by atoms with E-state index in [-0.39, 0.29) is 5.56 Å². The molecule has 3 heterocycles. The minimum absolute atomic E-state index is 0.211. The molecule has 0 aliphatic heterocycles. The van der Waals surface area contributed by atoms with Crippen LogP contribution in [0.5, 0.6) is 17.2 Å². The Morgan fingerprint density at radius 1 is 0.889 bits per heavy atom. The molecule has 8 nitrogen and oxygen atoms in total. The van der Waals surface area contributed by atoms with Crippen LogP contribution in [0.4, 0.5) is 0 Å². The predicted octanol–water partition coefficient (Wildman–Crippen LogP) is 4.76. The normalized spacial score (nSPS) is 11.0. The fourth-order valence-corrected chi connectivity index (χ4v) is 4.18. The summed E-state index contributed by atoms with van der Waals surface area (Å²) in [6, 6.07) is 20.7. The Morgan fingerprint density at radius 3 is 2.39 bits per heavy atom. The molecule has 0 bridgehead atoms. The molecule has 182 valence electrons. The highest BCUT2D eigenvalue weighted by Crippen LogP contribution is 2.27. The van der Waals surface area contributed by atoms with Gasteiger partial charge in [-0.25, -0.2) is 9.67 Å². The van der Waals surface area contributed by atoms with Crippen molar-refractivity contribution in [1.29, 1.82) is 0 Å². The number of fused-ring (bicyclic) bond motifs is 1.